The molecule has 3 atom stereocenters. The van der Waals surface area contributed by atoms with E-state index in [0.717, 1.165) is 44.9 Å². The van der Waals surface area contributed by atoms with Crippen LogP contribution in [-0.4, -0.2) is 53.1 Å². The highest BCUT2D eigenvalue weighted by atomic mass is 32.2. The Labute approximate surface area is 302 Å². The van der Waals surface area contributed by atoms with Gasteiger partial charge in [-0.05, 0) is 38.5 Å². The van der Waals surface area contributed by atoms with Crippen molar-refractivity contribution in [2.45, 2.75) is 212 Å². The molecule has 0 saturated carbocycles. The summed E-state index contributed by atoms with van der Waals surface area (Å²) in [6.45, 7) is 4.38. The molecule has 288 valence electrons. The van der Waals surface area contributed by atoms with Crippen LogP contribution < -0.4 is 5.32 Å². The van der Waals surface area contributed by atoms with Crippen LogP contribution in [0, 0.1) is 0 Å². The van der Waals surface area contributed by atoms with Gasteiger partial charge in [-0.2, -0.15) is 8.42 Å². The van der Waals surface area contributed by atoms with E-state index in [1.807, 2.05) is 0 Å². The molecule has 0 aliphatic carbocycles. The zero-order valence-electron chi connectivity index (χ0n) is 31.7. The second-order valence-electron chi connectivity index (χ2n) is 14.0. The fourth-order valence-corrected chi connectivity index (χ4v) is 6.82. The quantitative estimate of drug-likeness (QED) is 0.0291. The molecule has 0 aromatic rings. The van der Waals surface area contributed by atoms with Crippen molar-refractivity contribution in [3.8, 4) is 0 Å². The summed E-state index contributed by atoms with van der Waals surface area (Å²) in [5.41, 5.74) is 0. The van der Waals surface area contributed by atoms with Crippen LogP contribution in [-0.2, 0) is 14.9 Å². The standard InChI is InChI=1S/C41H77NO6S/c1-3-5-7-9-11-13-15-16-17-18-19-20-21-22-23-24-25-26-28-30-32-34-36-40(44)41(45)42-38(37-49(46,47)48)39(43)35-33-31-29-27-14-12-10-8-6-4-2/h6,8,14,27,33,35,38-40,43-44H,3-5,7,9-13,15-26,28-32,34,36-37H2,1-2H3,(H,42,45)(H,46,47,48)/b8-6+,27-14+,35-33+. The largest absolute Gasteiger partial charge is 0.387 e. The molecular formula is C41H77NO6S. The summed E-state index contributed by atoms with van der Waals surface area (Å²) < 4.78 is 32.4. The van der Waals surface area contributed by atoms with E-state index in [-0.39, 0.29) is 6.42 Å². The van der Waals surface area contributed by atoms with E-state index >= 15 is 0 Å². The molecule has 0 spiro atoms. The van der Waals surface area contributed by atoms with Crippen LogP contribution in [0.4, 0.5) is 0 Å². The normalized spacial score (nSPS) is 14.3. The van der Waals surface area contributed by atoms with Gasteiger partial charge in [-0.15, -0.1) is 0 Å². The van der Waals surface area contributed by atoms with E-state index in [1.165, 1.54) is 122 Å². The number of amides is 1. The molecule has 0 aliphatic rings. The Morgan fingerprint density at radius 1 is 0.571 bits per heavy atom. The Kier molecular flexibility index (Phi) is 33.9. The number of aliphatic hydroxyl groups excluding tert-OH is 2. The Balaban J connectivity index is 3.91. The molecule has 49 heavy (non-hydrogen) atoms. The molecule has 0 saturated heterocycles. The highest BCUT2D eigenvalue weighted by Crippen LogP contribution is 2.16. The van der Waals surface area contributed by atoms with Crippen molar-refractivity contribution in [2.75, 3.05) is 5.75 Å². The van der Waals surface area contributed by atoms with Gasteiger partial charge in [0.05, 0.1) is 17.9 Å². The topological polar surface area (TPSA) is 124 Å². The molecule has 0 aliphatic heterocycles. The third kappa shape index (κ3) is 34.7. The Morgan fingerprint density at radius 2 is 0.939 bits per heavy atom. The first-order valence-corrected chi connectivity index (χ1v) is 21.9. The van der Waals surface area contributed by atoms with Crippen LogP contribution in [0.15, 0.2) is 36.5 Å². The number of hydrogen-bond donors (Lipinski definition) is 4. The zero-order valence-corrected chi connectivity index (χ0v) is 32.5. The van der Waals surface area contributed by atoms with Gasteiger partial charge in [0.2, 0.25) is 5.91 Å². The summed E-state index contributed by atoms with van der Waals surface area (Å²) in [5, 5.41) is 23.3. The van der Waals surface area contributed by atoms with Crippen molar-refractivity contribution >= 4 is 16.0 Å². The summed E-state index contributed by atoms with van der Waals surface area (Å²) in [6.07, 6.45) is 42.3. The monoisotopic (exact) mass is 712 g/mol. The van der Waals surface area contributed by atoms with E-state index in [2.05, 4.69) is 43.5 Å². The molecule has 0 aromatic carbocycles. The fourth-order valence-electron chi connectivity index (χ4n) is 6.08. The minimum Gasteiger partial charge on any atom is -0.387 e. The van der Waals surface area contributed by atoms with Crippen molar-refractivity contribution in [3.63, 3.8) is 0 Å². The number of hydrogen-bond acceptors (Lipinski definition) is 5. The Hall–Kier alpha value is -1.48. The molecule has 1 amide bonds. The van der Waals surface area contributed by atoms with Crippen molar-refractivity contribution < 1.29 is 28.0 Å². The lowest BCUT2D eigenvalue weighted by atomic mass is 10.0. The Morgan fingerprint density at radius 3 is 1.33 bits per heavy atom. The van der Waals surface area contributed by atoms with E-state index in [4.69, 9.17) is 0 Å². The van der Waals surface area contributed by atoms with Gasteiger partial charge in [0.25, 0.3) is 10.1 Å². The average Bonchev–Trinajstić information content (AvgIpc) is 3.06. The van der Waals surface area contributed by atoms with E-state index < -0.39 is 40.0 Å². The second-order valence-corrected chi connectivity index (χ2v) is 15.5. The SMILES string of the molecule is CC/C=C/CC/C=C/CC/C=C/C(O)C(CS(=O)(=O)O)NC(=O)C(O)CCCCCCCCCCCCCCCCCCCCCCCC. The summed E-state index contributed by atoms with van der Waals surface area (Å²) in [6, 6.07) is -1.25. The van der Waals surface area contributed by atoms with Crippen LogP contribution in [0.1, 0.15) is 194 Å². The van der Waals surface area contributed by atoms with Crippen LogP contribution in [0.2, 0.25) is 0 Å². The molecule has 8 heteroatoms. The number of nitrogens with one attached hydrogen (secondary N) is 1. The summed E-state index contributed by atoms with van der Waals surface area (Å²) in [4.78, 5) is 12.5. The van der Waals surface area contributed by atoms with E-state index in [0.29, 0.717) is 12.8 Å². The molecule has 4 N–H and O–H groups in total. The summed E-state index contributed by atoms with van der Waals surface area (Å²) >= 11 is 0. The summed E-state index contributed by atoms with van der Waals surface area (Å²) in [5.74, 6) is -1.56. The first-order valence-electron chi connectivity index (χ1n) is 20.3. The smallest absolute Gasteiger partial charge is 0.267 e. The van der Waals surface area contributed by atoms with Gasteiger partial charge in [0, 0.05) is 0 Å². The van der Waals surface area contributed by atoms with Gasteiger partial charge < -0.3 is 15.5 Å². The lowest BCUT2D eigenvalue weighted by Gasteiger charge is -2.22. The molecule has 7 nitrogen and oxygen atoms in total. The molecule has 0 fully saturated rings. The number of unbranched alkanes of at least 4 members (excludes halogenated alkanes) is 23. The van der Waals surface area contributed by atoms with Gasteiger partial charge in [0.15, 0.2) is 0 Å². The van der Waals surface area contributed by atoms with Crippen molar-refractivity contribution in [2.24, 2.45) is 0 Å². The van der Waals surface area contributed by atoms with Crippen molar-refractivity contribution in [1.82, 2.24) is 5.32 Å². The molecular weight excluding hydrogens is 635 g/mol. The van der Waals surface area contributed by atoms with Crippen LogP contribution in [0.3, 0.4) is 0 Å². The van der Waals surface area contributed by atoms with E-state index in [9.17, 15) is 28.0 Å². The van der Waals surface area contributed by atoms with Gasteiger partial charge in [-0.1, -0.05) is 192 Å². The maximum absolute atomic E-state index is 12.5. The van der Waals surface area contributed by atoms with Crippen molar-refractivity contribution in [1.29, 1.82) is 0 Å². The third-order valence-electron chi connectivity index (χ3n) is 9.17. The molecule has 0 radical (unpaired) electrons. The molecule has 0 aromatic heterocycles. The third-order valence-corrected chi connectivity index (χ3v) is 9.95. The van der Waals surface area contributed by atoms with Crippen LogP contribution in [0.25, 0.3) is 0 Å². The van der Waals surface area contributed by atoms with Crippen LogP contribution >= 0.6 is 0 Å². The van der Waals surface area contributed by atoms with Gasteiger partial charge in [-0.3, -0.25) is 9.35 Å². The number of carbonyl (C=O) groups excluding carboxylic acids is 1. The number of carbonyl (C=O) groups is 1. The maximum Gasteiger partial charge on any atom is 0.267 e. The van der Waals surface area contributed by atoms with E-state index in [1.54, 1.807) is 6.08 Å². The minimum atomic E-state index is -4.45. The maximum atomic E-state index is 12.5. The Bertz CT molecular complexity index is 932. The predicted molar refractivity (Wildman–Crippen MR) is 208 cm³/mol. The molecule has 3 unspecified atom stereocenters. The second kappa shape index (κ2) is 34.9. The van der Waals surface area contributed by atoms with Gasteiger partial charge in [-0.25, -0.2) is 0 Å². The predicted octanol–water partition coefficient (Wildman–Crippen LogP) is 10.7. The first-order chi connectivity index (χ1) is 23.7. The number of rotatable bonds is 36. The lowest BCUT2D eigenvalue weighted by molar-refractivity contribution is -0.130. The van der Waals surface area contributed by atoms with Gasteiger partial charge in [0.1, 0.15) is 6.10 Å². The fraction of sp³-hybridized carbons (Fsp3) is 0.829. The van der Waals surface area contributed by atoms with Gasteiger partial charge >= 0.3 is 0 Å². The molecule has 0 bridgehead atoms. The first kappa shape index (κ1) is 47.5. The zero-order chi connectivity index (χ0) is 36.3. The highest BCUT2D eigenvalue weighted by Gasteiger charge is 2.27. The average molecular weight is 712 g/mol. The summed E-state index contributed by atoms with van der Waals surface area (Å²) in [7, 11) is -4.45. The van der Waals surface area contributed by atoms with Crippen LogP contribution in [0.5, 0.6) is 0 Å². The highest BCUT2D eigenvalue weighted by molar-refractivity contribution is 7.85. The number of aliphatic hydroxyl groups is 2. The molecule has 0 rings (SSSR count). The number of allylic oxidation sites excluding steroid dienone is 5. The van der Waals surface area contributed by atoms with Crippen molar-refractivity contribution in [3.05, 3.63) is 36.5 Å². The lowest BCUT2D eigenvalue weighted by Crippen LogP contribution is -2.50. The minimum absolute atomic E-state index is 0.274. The molecule has 0 heterocycles.